The van der Waals surface area contributed by atoms with Gasteiger partial charge in [0.2, 0.25) is 11.8 Å². The quantitative estimate of drug-likeness (QED) is 0.643. The highest BCUT2D eigenvalue weighted by atomic mass is 19.1. The highest BCUT2D eigenvalue weighted by Crippen LogP contribution is 2.31. The van der Waals surface area contributed by atoms with Gasteiger partial charge in [0.25, 0.3) is 0 Å². The Morgan fingerprint density at radius 3 is 2.34 bits per heavy atom. The Labute approximate surface area is 188 Å². The topological polar surface area (TPSA) is 67.9 Å². The summed E-state index contributed by atoms with van der Waals surface area (Å²) in [5.74, 6) is 1.02. The van der Waals surface area contributed by atoms with Gasteiger partial charge in [-0.2, -0.15) is 0 Å². The van der Waals surface area contributed by atoms with Crippen molar-refractivity contribution in [1.82, 2.24) is 10.2 Å². The largest absolute Gasteiger partial charge is 0.486 e. The van der Waals surface area contributed by atoms with Crippen molar-refractivity contribution in [3.63, 3.8) is 0 Å². The Bertz CT molecular complexity index is 930. The summed E-state index contributed by atoms with van der Waals surface area (Å²) in [5, 5.41) is 2.90. The Morgan fingerprint density at radius 2 is 1.66 bits per heavy atom. The van der Waals surface area contributed by atoms with Gasteiger partial charge in [0.05, 0.1) is 0 Å². The summed E-state index contributed by atoms with van der Waals surface area (Å²) in [7, 11) is 0. The van der Waals surface area contributed by atoms with Crippen LogP contribution in [0.15, 0.2) is 42.5 Å². The fourth-order valence-corrected chi connectivity index (χ4v) is 3.46. The molecule has 0 spiro atoms. The van der Waals surface area contributed by atoms with E-state index >= 15 is 0 Å². The van der Waals surface area contributed by atoms with Gasteiger partial charge in [0.1, 0.15) is 25.1 Å². The van der Waals surface area contributed by atoms with Crippen LogP contribution in [0.5, 0.6) is 11.5 Å². The molecule has 1 heterocycles. The van der Waals surface area contributed by atoms with Crippen LogP contribution in [-0.2, 0) is 22.6 Å². The predicted molar refractivity (Wildman–Crippen MR) is 120 cm³/mol. The summed E-state index contributed by atoms with van der Waals surface area (Å²) in [4.78, 5) is 27.4. The Morgan fingerprint density at radius 1 is 1.00 bits per heavy atom. The molecule has 1 aliphatic rings. The van der Waals surface area contributed by atoms with Crippen LogP contribution >= 0.6 is 0 Å². The molecule has 3 rings (SSSR count). The average molecular weight is 443 g/mol. The smallest absolute Gasteiger partial charge is 0.242 e. The molecule has 0 saturated carbocycles. The maximum absolute atomic E-state index is 13.3. The van der Waals surface area contributed by atoms with Crippen LogP contribution in [0.25, 0.3) is 0 Å². The Balaban J connectivity index is 1.70. The Hall–Kier alpha value is -3.09. The van der Waals surface area contributed by atoms with Gasteiger partial charge >= 0.3 is 0 Å². The summed E-state index contributed by atoms with van der Waals surface area (Å²) < 4.78 is 24.5. The van der Waals surface area contributed by atoms with Crippen molar-refractivity contribution in [2.45, 2.75) is 46.2 Å². The molecule has 0 aromatic heterocycles. The first kappa shape index (κ1) is 23.6. The van der Waals surface area contributed by atoms with Gasteiger partial charge in [0.15, 0.2) is 11.5 Å². The summed E-state index contributed by atoms with van der Waals surface area (Å²) in [6.45, 7) is 7.56. The lowest BCUT2D eigenvalue weighted by molar-refractivity contribution is -0.140. The van der Waals surface area contributed by atoms with E-state index in [0.29, 0.717) is 43.6 Å². The molecule has 1 aliphatic heterocycles. The molecule has 1 atom stereocenters. The number of carbonyl (C=O) groups excluding carboxylic acids is 2. The van der Waals surface area contributed by atoms with Crippen molar-refractivity contribution in [3.8, 4) is 11.5 Å². The number of aryl methyl sites for hydroxylation is 1. The van der Waals surface area contributed by atoms with Crippen molar-refractivity contribution < 1.29 is 23.5 Å². The number of hydrogen-bond donors (Lipinski definition) is 1. The van der Waals surface area contributed by atoms with E-state index < -0.39 is 6.04 Å². The zero-order valence-electron chi connectivity index (χ0n) is 18.9. The molecule has 172 valence electrons. The zero-order chi connectivity index (χ0) is 23.1. The fourth-order valence-electron chi connectivity index (χ4n) is 3.46. The molecule has 7 heteroatoms. The highest BCUT2D eigenvalue weighted by Gasteiger charge is 2.26. The van der Waals surface area contributed by atoms with Gasteiger partial charge in [-0.3, -0.25) is 9.59 Å². The number of amides is 2. The molecule has 2 amide bonds. The van der Waals surface area contributed by atoms with E-state index in [1.165, 1.54) is 12.1 Å². The highest BCUT2D eigenvalue weighted by molar-refractivity contribution is 5.87. The van der Waals surface area contributed by atoms with Crippen LogP contribution in [0, 0.1) is 11.7 Å². The Kier molecular flexibility index (Phi) is 8.09. The van der Waals surface area contributed by atoms with E-state index in [-0.39, 0.29) is 30.6 Å². The lowest BCUT2D eigenvalue weighted by Gasteiger charge is -2.29. The van der Waals surface area contributed by atoms with E-state index in [9.17, 15) is 14.0 Å². The third-order valence-corrected chi connectivity index (χ3v) is 5.35. The molecule has 32 heavy (non-hydrogen) atoms. The third-order valence-electron chi connectivity index (χ3n) is 5.35. The molecule has 0 unspecified atom stereocenters. The summed E-state index contributed by atoms with van der Waals surface area (Å²) >= 11 is 0. The van der Waals surface area contributed by atoms with Crippen LogP contribution in [0.3, 0.4) is 0 Å². The number of benzene rings is 2. The van der Waals surface area contributed by atoms with Crippen LogP contribution in [0.2, 0.25) is 0 Å². The number of rotatable bonds is 9. The second-order valence-electron chi connectivity index (χ2n) is 8.44. The number of nitrogens with one attached hydrogen (secondary N) is 1. The minimum absolute atomic E-state index is 0.142. The molecule has 2 aromatic carbocycles. The molecule has 0 fully saturated rings. The average Bonchev–Trinajstić information content (AvgIpc) is 2.80. The van der Waals surface area contributed by atoms with E-state index in [4.69, 9.17) is 9.47 Å². The molecule has 2 aromatic rings. The normalized spacial score (nSPS) is 13.5. The first-order valence-corrected chi connectivity index (χ1v) is 11.0. The van der Waals surface area contributed by atoms with Gasteiger partial charge < -0.3 is 19.7 Å². The first-order chi connectivity index (χ1) is 15.3. The van der Waals surface area contributed by atoms with Gasteiger partial charge in [-0.15, -0.1) is 0 Å². The zero-order valence-corrected chi connectivity index (χ0v) is 18.9. The minimum atomic E-state index is -0.647. The SMILES string of the molecule is CC(C)CNC(=O)[C@H](C)N(Cc1ccc(F)cc1)C(=O)CCc1ccc2c(c1)OCCO2. The van der Waals surface area contributed by atoms with E-state index in [1.807, 2.05) is 32.0 Å². The number of halogens is 1. The van der Waals surface area contributed by atoms with E-state index in [1.54, 1.807) is 24.0 Å². The monoisotopic (exact) mass is 442 g/mol. The number of ether oxygens (including phenoxy) is 2. The van der Waals surface area contributed by atoms with Crippen molar-refractivity contribution in [2.24, 2.45) is 5.92 Å². The van der Waals surface area contributed by atoms with Crippen LogP contribution < -0.4 is 14.8 Å². The number of nitrogens with zero attached hydrogens (tertiary/aromatic N) is 1. The van der Waals surface area contributed by atoms with E-state index in [0.717, 1.165) is 11.1 Å². The van der Waals surface area contributed by atoms with Gasteiger partial charge in [-0.1, -0.05) is 32.0 Å². The molecule has 1 N–H and O–H groups in total. The molecule has 0 aliphatic carbocycles. The number of hydrogen-bond acceptors (Lipinski definition) is 4. The van der Waals surface area contributed by atoms with Crippen molar-refractivity contribution in [3.05, 3.63) is 59.4 Å². The second-order valence-corrected chi connectivity index (χ2v) is 8.44. The minimum Gasteiger partial charge on any atom is -0.486 e. The fraction of sp³-hybridized carbons (Fsp3) is 0.440. The molecule has 0 saturated heterocycles. The second kappa shape index (κ2) is 11.0. The lowest BCUT2D eigenvalue weighted by atomic mass is 10.1. The van der Waals surface area contributed by atoms with Crippen molar-refractivity contribution >= 4 is 11.8 Å². The van der Waals surface area contributed by atoms with Crippen LogP contribution in [-0.4, -0.2) is 42.5 Å². The van der Waals surface area contributed by atoms with Crippen molar-refractivity contribution in [1.29, 1.82) is 0 Å². The lowest BCUT2D eigenvalue weighted by Crippen LogP contribution is -2.48. The standard InChI is InChI=1S/C25H31FN2O4/c1-17(2)15-27-25(30)18(3)28(16-20-4-8-21(26)9-5-20)24(29)11-7-19-6-10-22-23(14-19)32-13-12-31-22/h4-6,8-10,14,17-18H,7,11-13,15-16H2,1-3H3,(H,27,30)/t18-/m0/s1. The summed E-state index contributed by atoms with van der Waals surface area (Å²) in [6, 6.07) is 11.0. The van der Waals surface area contributed by atoms with Gasteiger partial charge in [-0.25, -0.2) is 4.39 Å². The molecule has 0 radical (unpaired) electrons. The third kappa shape index (κ3) is 6.45. The molecular weight excluding hydrogens is 411 g/mol. The maximum Gasteiger partial charge on any atom is 0.242 e. The molecule has 0 bridgehead atoms. The number of fused-ring (bicyclic) bond motifs is 1. The van der Waals surface area contributed by atoms with E-state index in [2.05, 4.69) is 5.32 Å². The van der Waals surface area contributed by atoms with Crippen molar-refractivity contribution in [2.75, 3.05) is 19.8 Å². The molecular formula is C25H31FN2O4. The summed E-state index contributed by atoms with van der Waals surface area (Å²) in [6.07, 6.45) is 0.748. The van der Waals surface area contributed by atoms with Crippen LogP contribution in [0.1, 0.15) is 38.3 Å². The first-order valence-electron chi connectivity index (χ1n) is 11.0. The predicted octanol–water partition coefficient (Wildman–Crippen LogP) is 3.72. The van der Waals surface area contributed by atoms with Crippen LogP contribution in [0.4, 0.5) is 4.39 Å². The van der Waals surface area contributed by atoms with Gasteiger partial charge in [0, 0.05) is 19.5 Å². The van der Waals surface area contributed by atoms with Gasteiger partial charge in [-0.05, 0) is 54.7 Å². The molecule has 6 nitrogen and oxygen atoms in total. The number of carbonyl (C=O) groups is 2. The maximum atomic E-state index is 13.3. The summed E-state index contributed by atoms with van der Waals surface area (Å²) in [5.41, 5.74) is 1.73.